The molecule has 0 aliphatic rings. The second-order valence-electron chi connectivity index (χ2n) is 5.26. The van der Waals surface area contributed by atoms with Gasteiger partial charge in [0, 0.05) is 0 Å². The average molecular weight is 344 g/mol. The van der Waals surface area contributed by atoms with Gasteiger partial charge in [-0.15, -0.1) is 0 Å². The lowest BCUT2D eigenvalue weighted by Gasteiger charge is -2.17. The molecule has 0 saturated carbocycles. The van der Waals surface area contributed by atoms with E-state index in [2.05, 4.69) is 0 Å². The summed E-state index contributed by atoms with van der Waals surface area (Å²) in [4.78, 5) is 12.6. The molecule has 0 heterocycles. The fourth-order valence-electron chi connectivity index (χ4n) is 2.34. The number of benzene rings is 2. The van der Waals surface area contributed by atoms with E-state index in [9.17, 15) is 4.79 Å². The molecule has 0 spiro atoms. The molecule has 134 valence electrons. The molecule has 5 nitrogen and oxygen atoms in total. The SMILES string of the molecule is CCOc1cc(C(=O)Oc2ccccc2C)cc(OCC)c1OCC. The van der Waals surface area contributed by atoms with Crippen LogP contribution in [0.3, 0.4) is 0 Å². The summed E-state index contributed by atoms with van der Waals surface area (Å²) in [5, 5.41) is 0. The lowest BCUT2D eigenvalue weighted by atomic mass is 10.1. The molecule has 0 amide bonds. The molecule has 0 aromatic heterocycles. The van der Waals surface area contributed by atoms with Gasteiger partial charge in [0.15, 0.2) is 11.5 Å². The molecule has 0 aliphatic carbocycles. The summed E-state index contributed by atoms with van der Waals surface area (Å²) in [6.45, 7) is 8.86. The summed E-state index contributed by atoms with van der Waals surface area (Å²) in [6.07, 6.45) is 0. The summed E-state index contributed by atoms with van der Waals surface area (Å²) in [6, 6.07) is 10.6. The molecule has 2 rings (SSSR count). The summed E-state index contributed by atoms with van der Waals surface area (Å²) in [5.74, 6) is 1.48. The zero-order chi connectivity index (χ0) is 18.2. The number of rotatable bonds is 8. The minimum absolute atomic E-state index is 0.346. The van der Waals surface area contributed by atoms with Crippen LogP contribution in [-0.4, -0.2) is 25.8 Å². The minimum Gasteiger partial charge on any atom is -0.490 e. The van der Waals surface area contributed by atoms with Gasteiger partial charge < -0.3 is 18.9 Å². The normalized spacial score (nSPS) is 10.2. The topological polar surface area (TPSA) is 54.0 Å². The minimum atomic E-state index is -0.473. The van der Waals surface area contributed by atoms with Gasteiger partial charge in [-0.05, 0) is 51.5 Å². The highest BCUT2D eigenvalue weighted by Crippen LogP contribution is 2.39. The Balaban J connectivity index is 2.39. The smallest absolute Gasteiger partial charge is 0.343 e. The molecular formula is C20H24O5. The van der Waals surface area contributed by atoms with E-state index >= 15 is 0 Å². The number of carbonyl (C=O) groups is 1. The molecule has 0 atom stereocenters. The van der Waals surface area contributed by atoms with Crippen LogP contribution in [0.4, 0.5) is 0 Å². The van der Waals surface area contributed by atoms with Crippen molar-refractivity contribution in [1.82, 2.24) is 0 Å². The Bertz CT molecular complexity index is 697. The highest BCUT2D eigenvalue weighted by atomic mass is 16.5. The van der Waals surface area contributed by atoms with E-state index < -0.39 is 5.97 Å². The zero-order valence-corrected chi connectivity index (χ0v) is 15.1. The molecule has 0 N–H and O–H groups in total. The van der Waals surface area contributed by atoms with Gasteiger partial charge >= 0.3 is 5.97 Å². The van der Waals surface area contributed by atoms with Crippen LogP contribution in [0.5, 0.6) is 23.0 Å². The van der Waals surface area contributed by atoms with Crippen molar-refractivity contribution in [1.29, 1.82) is 0 Å². The fraction of sp³-hybridized carbons (Fsp3) is 0.350. The first kappa shape index (κ1) is 18.6. The van der Waals surface area contributed by atoms with Crippen molar-refractivity contribution in [2.24, 2.45) is 0 Å². The molecule has 0 bridgehead atoms. The predicted molar refractivity (Wildman–Crippen MR) is 96.1 cm³/mol. The zero-order valence-electron chi connectivity index (χ0n) is 15.1. The van der Waals surface area contributed by atoms with Crippen LogP contribution < -0.4 is 18.9 Å². The van der Waals surface area contributed by atoms with Gasteiger partial charge in [-0.2, -0.15) is 0 Å². The van der Waals surface area contributed by atoms with Gasteiger partial charge in [-0.1, -0.05) is 18.2 Å². The van der Waals surface area contributed by atoms with Crippen LogP contribution in [0, 0.1) is 6.92 Å². The molecule has 0 fully saturated rings. The Hall–Kier alpha value is -2.69. The van der Waals surface area contributed by atoms with Crippen LogP contribution >= 0.6 is 0 Å². The Morgan fingerprint density at radius 3 is 1.92 bits per heavy atom. The maximum Gasteiger partial charge on any atom is 0.343 e. The molecule has 0 radical (unpaired) electrons. The summed E-state index contributed by atoms with van der Waals surface area (Å²) < 4.78 is 22.4. The first-order chi connectivity index (χ1) is 12.1. The fourth-order valence-corrected chi connectivity index (χ4v) is 2.34. The van der Waals surface area contributed by atoms with Gasteiger partial charge in [-0.25, -0.2) is 4.79 Å². The molecule has 2 aromatic rings. The maximum atomic E-state index is 12.6. The standard InChI is InChI=1S/C20H24O5/c1-5-22-17-12-15(13-18(23-6-2)19(17)24-7-3)20(21)25-16-11-9-8-10-14(16)4/h8-13H,5-7H2,1-4H3. The van der Waals surface area contributed by atoms with Gasteiger partial charge in [0.1, 0.15) is 5.75 Å². The largest absolute Gasteiger partial charge is 0.490 e. The second-order valence-corrected chi connectivity index (χ2v) is 5.26. The van der Waals surface area contributed by atoms with E-state index in [0.717, 1.165) is 5.56 Å². The van der Waals surface area contributed by atoms with Crippen LogP contribution in [0.25, 0.3) is 0 Å². The maximum absolute atomic E-state index is 12.6. The Morgan fingerprint density at radius 1 is 0.840 bits per heavy atom. The highest BCUT2D eigenvalue weighted by molar-refractivity contribution is 5.92. The third-order valence-electron chi connectivity index (χ3n) is 3.44. The Morgan fingerprint density at radius 2 is 1.40 bits per heavy atom. The number of hydrogen-bond acceptors (Lipinski definition) is 5. The lowest BCUT2D eigenvalue weighted by molar-refractivity contribution is 0.0732. The number of para-hydroxylation sites is 1. The average Bonchev–Trinajstić information content (AvgIpc) is 2.60. The second kappa shape index (κ2) is 8.97. The monoisotopic (exact) mass is 344 g/mol. The third kappa shape index (κ3) is 4.66. The van der Waals surface area contributed by atoms with Crippen molar-refractivity contribution in [3.05, 3.63) is 47.5 Å². The van der Waals surface area contributed by atoms with E-state index in [-0.39, 0.29) is 0 Å². The van der Waals surface area contributed by atoms with Crippen molar-refractivity contribution in [2.75, 3.05) is 19.8 Å². The Labute approximate surface area is 148 Å². The quantitative estimate of drug-likeness (QED) is 0.524. The number of esters is 1. The summed E-state index contributed by atoms with van der Waals surface area (Å²) >= 11 is 0. The number of hydrogen-bond donors (Lipinski definition) is 0. The van der Waals surface area contributed by atoms with Crippen LogP contribution in [0.2, 0.25) is 0 Å². The van der Waals surface area contributed by atoms with Crippen LogP contribution in [-0.2, 0) is 0 Å². The van der Waals surface area contributed by atoms with E-state index in [1.54, 1.807) is 18.2 Å². The van der Waals surface area contributed by atoms with Gasteiger partial charge in [0.2, 0.25) is 5.75 Å². The van der Waals surface area contributed by atoms with Gasteiger partial charge in [-0.3, -0.25) is 0 Å². The molecule has 25 heavy (non-hydrogen) atoms. The molecular weight excluding hydrogens is 320 g/mol. The summed E-state index contributed by atoms with van der Waals surface area (Å²) in [5.41, 5.74) is 1.23. The number of aryl methyl sites for hydroxylation is 1. The molecule has 5 heteroatoms. The van der Waals surface area contributed by atoms with Crippen LogP contribution in [0.1, 0.15) is 36.7 Å². The first-order valence-corrected chi connectivity index (χ1v) is 8.44. The van der Waals surface area contributed by atoms with Gasteiger partial charge in [0.05, 0.1) is 25.4 Å². The third-order valence-corrected chi connectivity index (χ3v) is 3.44. The van der Waals surface area contributed by atoms with Crippen molar-refractivity contribution in [3.8, 4) is 23.0 Å². The molecule has 0 aliphatic heterocycles. The highest BCUT2D eigenvalue weighted by Gasteiger charge is 2.19. The Kier molecular flexibility index (Phi) is 6.69. The van der Waals surface area contributed by atoms with Crippen molar-refractivity contribution >= 4 is 5.97 Å². The summed E-state index contributed by atoms with van der Waals surface area (Å²) in [7, 11) is 0. The van der Waals surface area contributed by atoms with E-state index in [0.29, 0.717) is 48.4 Å². The van der Waals surface area contributed by atoms with E-state index in [1.807, 2.05) is 45.9 Å². The number of carbonyl (C=O) groups excluding carboxylic acids is 1. The predicted octanol–water partition coefficient (Wildman–Crippen LogP) is 4.41. The van der Waals surface area contributed by atoms with Gasteiger partial charge in [0.25, 0.3) is 0 Å². The van der Waals surface area contributed by atoms with Crippen molar-refractivity contribution < 1.29 is 23.7 Å². The van der Waals surface area contributed by atoms with E-state index in [1.165, 1.54) is 0 Å². The van der Waals surface area contributed by atoms with Crippen LogP contribution in [0.15, 0.2) is 36.4 Å². The lowest BCUT2D eigenvalue weighted by Crippen LogP contribution is -2.11. The molecule has 2 aromatic carbocycles. The number of ether oxygens (including phenoxy) is 4. The molecule has 0 saturated heterocycles. The molecule has 0 unspecified atom stereocenters. The van der Waals surface area contributed by atoms with Crippen molar-refractivity contribution in [3.63, 3.8) is 0 Å². The first-order valence-electron chi connectivity index (χ1n) is 8.44. The van der Waals surface area contributed by atoms with Crippen molar-refractivity contribution in [2.45, 2.75) is 27.7 Å². The van der Waals surface area contributed by atoms with E-state index in [4.69, 9.17) is 18.9 Å².